The second-order valence-corrected chi connectivity index (χ2v) is 3.21. The van der Waals surface area contributed by atoms with Gasteiger partial charge in [-0.3, -0.25) is 0 Å². The van der Waals surface area contributed by atoms with Crippen LogP contribution in [0.1, 0.15) is 24.2 Å². The maximum Gasteiger partial charge on any atom is 0.339 e. The van der Waals surface area contributed by atoms with E-state index in [1.54, 1.807) is 13.8 Å². The van der Waals surface area contributed by atoms with Crippen molar-refractivity contribution in [3.05, 3.63) is 29.3 Å². The van der Waals surface area contributed by atoms with Crippen LogP contribution in [0.25, 0.3) is 0 Å². The number of hydrogen-bond acceptors (Lipinski definition) is 2. The van der Waals surface area contributed by atoms with Crippen molar-refractivity contribution in [2.45, 2.75) is 20.0 Å². The molecule has 0 unspecified atom stereocenters. The Hall–Kier alpha value is -1.65. The van der Waals surface area contributed by atoms with E-state index >= 15 is 0 Å². The molecule has 0 bridgehead atoms. The molecule has 0 atom stereocenters. The van der Waals surface area contributed by atoms with E-state index < -0.39 is 29.5 Å². The third kappa shape index (κ3) is 2.43. The van der Waals surface area contributed by atoms with Gasteiger partial charge in [0.05, 0.1) is 6.10 Å². The van der Waals surface area contributed by atoms with Crippen LogP contribution in [0.5, 0.6) is 5.75 Å². The van der Waals surface area contributed by atoms with E-state index in [1.165, 1.54) is 0 Å². The van der Waals surface area contributed by atoms with Crippen LogP contribution < -0.4 is 4.74 Å². The van der Waals surface area contributed by atoms with Gasteiger partial charge in [-0.2, -0.15) is 4.39 Å². The minimum atomic E-state index is -1.36. The normalized spacial score (nSPS) is 10.5. The Labute approximate surface area is 85.3 Å². The van der Waals surface area contributed by atoms with Crippen molar-refractivity contribution in [1.29, 1.82) is 0 Å². The minimum Gasteiger partial charge on any atom is -0.487 e. The van der Waals surface area contributed by atoms with E-state index in [9.17, 15) is 13.6 Å². The van der Waals surface area contributed by atoms with E-state index in [0.29, 0.717) is 0 Å². The van der Waals surface area contributed by atoms with E-state index in [0.717, 1.165) is 12.1 Å². The molecule has 0 spiro atoms. The van der Waals surface area contributed by atoms with Gasteiger partial charge >= 0.3 is 5.97 Å². The van der Waals surface area contributed by atoms with Crippen LogP contribution in [0.3, 0.4) is 0 Å². The number of halogens is 2. The smallest absolute Gasteiger partial charge is 0.339 e. The van der Waals surface area contributed by atoms with Crippen LogP contribution in [-0.2, 0) is 0 Å². The summed E-state index contributed by atoms with van der Waals surface area (Å²) in [5, 5.41) is 8.72. The lowest BCUT2D eigenvalue weighted by atomic mass is 10.2. The first-order valence-corrected chi connectivity index (χ1v) is 4.31. The van der Waals surface area contributed by atoms with Crippen molar-refractivity contribution in [2.75, 3.05) is 0 Å². The summed E-state index contributed by atoms with van der Waals surface area (Å²) in [5.41, 5.74) is -0.386. The van der Waals surface area contributed by atoms with Crippen molar-refractivity contribution in [2.24, 2.45) is 0 Å². The first-order valence-electron chi connectivity index (χ1n) is 4.31. The molecule has 0 aromatic heterocycles. The Bertz CT molecular complexity index is 388. The first kappa shape index (κ1) is 11.4. The fourth-order valence-corrected chi connectivity index (χ4v) is 1.05. The van der Waals surface area contributed by atoms with Crippen LogP contribution in [0, 0.1) is 11.6 Å². The van der Waals surface area contributed by atoms with Gasteiger partial charge in [-0.05, 0) is 26.0 Å². The van der Waals surface area contributed by atoms with Crippen molar-refractivity contribution < 1.29 is 23.4 Å². The van der Waals surface area contributed by atoms with Crippen molar-refractivity contribution in [3.63, 3.8) is 0 Å². The summed E-state index contributed by atoms with van der Waals surface area (Å²) in [6, 6.07) is 1.73. The zero-order chi connectivity index (χ0) is 11.6. The molecule has 0 fully saturated rings. The first-order chi connectivity index (χ1) is 6.93. The molecule has 0 radical (unpaired) electrons. The Morgan fingerprint density at radius 3 is 2.47 bits per heavy atom. The highest BCUT2D eigenvalue weighted by Crippen LogP contribution is 2.26. The minimum absolute atomic E-state index is 0.386. The van der Waals surface area contributed by atoms with Gasteiger partial charge < -0.3 is 9.84 Å². The van der Waals surface area contributed by atoms with Crippen LogP contribution in [-0.4, -0.2) is 17.2 Å². The number of rotatable bonds is 3. The number of aromatic carboxylic acids is 1. The fraction of sp³-hybridized carbons (Fsp3) is 0.300. The number of carbonyl (C=O) groups is 1. The quantitative estimate of drug-likeness (QED) is 0.844. The molecule has 0 amide bonds. The van der Waals surface area contributed by atoms with Gasteiger partial charge in [-0.1, -0.05) is 0 Å². The van der Waals surface area contributed by atoms with Crippen LogP contribution in [0.4, 0.5) is 8.78 Å². The lowest BCUT2D eigenvalue weighted by molar-refractivity contribution is 0.0688. The van der Waals surface area contributed by atoms with Crippen molar-refractivity contribution >= 4 is 5.97 Å². The predicted molar refractivity (Wildman–Crippen MR) is 49.1 cm³/mol. The monoisotopic (exact) mass is 216 g/mol. The van der Waals surface area contributed by atoms with Crippen LogP contribution in [0.2, 0.25) is 0 Å². The molecular formula is C10H10F2O3. The van der Waals surface area contributed by atoms with E-state index in [-0.39, 0.29) is 5.56 Å². The predicted octanol–water partition coefficient (Wildman–Crippen LogP) is 2.45. The molecule has 1 rings (SSSR count). The number of ether oxygens (including phenoxy) is 1. The largest absolute Gasteiger partial charge is 0.487 e. The topological polar surface area (TPSA) is 46.5 Å². The van der Waals surface area contributed by atoms with E-state index in [2.05, 4.69) is 0 Å². The van der Waals surface area contributed by atoms with Gasteiger partial charge in [0.15, 0.2) is 11.6 Å². The standard InChI is InChI=1S/C10H10F2O3/c1-5(2)15-9-6(10(13)14)3-4-7(11)8(9)12/h3-5H,1-2H3,(H,13,14). The molecule has 0 saturated heterocycles. The highest BCUT2D eigenvalue weighted by molar-refractivity contribution is 5.90. The van der Waals surface area contributed by atoms with Crippen LogP contribution >= 0.6 is 0 Å². The molecule has 0 aliphatic carbocycles. The summed E-state index contributed by atoms with van der Waals surface area (Å²) in [6.45, 7) is 3.19. The zero-order valence-corrected chi connectivity index (χ0v) is 8.25. The van der Waals surface area contributed by atoms with Gasteiger partial charge in [0.2, 0.25) is 5.82 Å². The molecule has 1 N–H and O–H groups in total. The molecule has 0 aliphatic rings. The third-order valence-corrected chi connectivity index (χ3v) is 1.63. The summed E-state index contributed by atoms with van der Waals surface area (Å²) in [4.78, 5) is 10.7. The summed E-state index contributed by atoms with van der Waals surface area (Å²) in [6.07, 6.45) is -0.431. The maximum atomic E-state index is 13.2. The maximum absolute atomic E-state index is 13.2. The Morgan fingerprint density at radius 1 is 1.40 bits per heavy atom. The van der Waals surface area contributed by atoms with E-state index in [4.69, 9.17) is 9.84 Å². The summed E-state index contributed by atoms with van der Waals surface area (Å²) >= 11 is 0. The zero-order valence-electron chi connectivity index (χ0n) is 8.25. The van der Waals surface area contributed by atoms with Gasteiger partial charge in [-0.25, -0.2) is 9.18 Å². The molecule has 1 aromatic carbocycles. The molecule has 0 saturated carbocycles. The lowest BCUT2D eigenvalue weighted by Crippen LogP contribution is -2.12. The Balaban J connectivity index is 3.28. The van der Waals surface area contributed by atoms with Gasteiger partial charge in [0.1, 0.15) is 5.56 Å². The number of carboxylic acid groups (broad SMARTS) is 1. The van der Waals surface area contributed by atoms with Crippen molar-refractivity contribution in [1.82, 2.24) is 0 Å². The molecule has 1 aromatic rings. The van der Waals surface area contributed by atoms with Crippen LogP contribution in [0.15, 0.2) is 12.1 Å². The molecule has 82 valence electrons. The third-order valence-electron chi connectivity index (χ3n) is 1.63. The summed E-state index contributed by atoms with van der Waals surface area (Å²) in [7, 11) is 0. The summed E-state index contributed by atoms with van der Waals surface area (Å²) < 4.78 is 31.0. The SMILES string of the molecule is CC(C)Oc1c(C(=O)O)ccc(F)c1F. The molecular weight excluding hydrogens is 206 g/mol. The van der Waals surface area contributed by atoms with Gasteiger partial charge in [0.25, 0.3) is 0 Å². The number of carboxylic acids is 1. The van der Waals surface area contributed by atoms with Crippen molar-refractivity contribution in [3.8, 4) is 5.75 Å². The highest BCUT2D eigenvalue weighted by Gasteiger charge is 2.20. The highest BCUT2D eigenvalue weighted by atomic mass is 19.2. The molecule has 0 heterocycles. The van der Waals surface area contributed by atoms with E-state index in [1.807, 2.05) is 0 Å². The molecule has 0 aliphatic heterocycles. The Kier molecular flexibility index (Phi) is 3.24. The lowest BCUT2D eigenvalue weighted by Gasteiger charge is -2.13. The molecule has 3 nitrogen and oxygen atoms in total. The molecule has 5 heteroatoms. The molecule has 15 heavy (non-hydrogen) atoms. The average Bonchev–Trinajstić information content (AvgIpc) is 2.12. The number of benzene rings is 1. The fourth-order valence-electron chi connectivity index (χ4n) is 1.05. The summed E-state index contributed by atoms with van der Waals surface area (Å²) in [5.74, 6) is -4.32. The van der Waals surface area contributed by atoms with Gasteiger partial charge in [-0.15, -0.1) is 0 Å². The average molecular weight is 216 g/mol. The van der Waals surface area contributed by atoms with Gasteiger partial charge in [0, 0.05) is 0 Å². The number of hydrogen-bond donors (Lipinski definition) is 1. The second kappa shape index (κ2) is 4.25. The Morgan fingerprint density at radius 2 is 2.00 bits per heavy atom. The second-order valence-electron chi connectivity index (χ2n) is 3.21.